The number of carbonyl (C=O) groups excluding carboxylic acids is 1. The van der Waals surface area contributed by atoms with E-state index in [0.717, 1.165) is 4.40 Å². The Kier molecular flexibility index (Phi) is 5.06. The molecule has 0 aliphatic rings. The van der Waals surface area contributed by atoms with Gasteiger partial charge in [-0.15, -0.1) is 0 Å². The number of amides is 1. The van der Waals surface area contributed by atoms with Gasteiger partial charge in [0.1, 0.15) is 11.5 Å². The van der Waals surface area contributed by atoms with Crippen molar-refractivity contribution in [3.05, 3.63) is 80.5 Å². The summed E-state index contributed by atoms with van der Waals surface area (Å²) in [6, 6.07) is 10.3. The predicted molar refractivity (Wildman–Crippen MR) is 95.3 cm³/mol. The van der Waals surface area contributed by atoms with Crippen molar-refractivity contribution in [2.75, 3.05) is 18.4 Å². The van der Waals surface area contributed by atoms with Gasteiger partial charge in [0.15, 0.2) is 0 Å². The van der Waals surface area contributed by atoms with Crippen LogP contribution in [0.25, 0.3) is 5.65 Å². The molecule has 0 spiro atoms. The first kappa shape index (κ1) is 18.0. The van der Waals surface area contributed by atoms with Crippen molar-refractivity contribution in [1.82, 2.24) is 14.7 Å². The maximum Gasteiger partial charge on any atom is 0.376 e. The number of aromatic nitrogens is 2. The Bertz CT molecular complexity index is 1080. The zero-order valence-corrected chi connectivity index (χ0v) is 13.9. The second-order valence-corrected chi connectivity index (χ2v) is 5.46. The average Bonchev–Trinajstić information content (AvgIpc) is 2.65. The van der Waals surface area contributed by atoms with Crippen LogP contribution in [0.3, 0.4) is 0 Å². The number of nitro groups is 1. The normalized spacial score (nSPS) is 10.6. The van der Waals surface area contributed by atoms with E-state index in [9.17, 15) is 24.1 Å². The Balaban J connectivity index is 1.73. The topological polar surface area (TPSA) is 119 Å². The van der Waals surface area contributed by atoms with Crippen LogP contribution in [0.4, 0.5) is 15.9 Å². The summed E-state index contributed by atoms with van der Waals surface area (Å²) in [6.07, 6.45) is 1.38. The Labute approximate surface area is 151 Å². The van der Waals surface area contributed by atoms with E-state index >= 15 is 0 Å². The number of halogens is 1. The fourth-order valence-electron chi connectivity index (χ4n) is 2.47. The molecule has 27 heavy (non-hydrogen) atoms. The van der Waals surface area contributed by atoms with Crippen LogP contribution >= 0.6 is 0 Å². The fraction of sp³-hybridized carbons (Fsp3) is 0.118. The van der Waals surface area contributed by atoms with Gasteiger partial charge >= 0.3 is 11.2 Å². The molecule has 138 valence electrons. The number of nitrogens with one attached hydrogen (secondary N) is 2. The van der Waals surface area contributed by atoms with E-state index in [-0.39, 0.29) is 30.1 Å². The van der Waals surface area contributed by atoms with Crippen molar-refractivity contribution in [2.24, 2.45) is 0 Å². The summed E-state index contributed by atoms with van der Waals surface area (Å²) in [6.45, 7) is 0.0939. The lowest BCUT2D eigenvalue weighted by molar-refractivity contribution is -0.385. The van der Waals surface area contributed by atoms with Gasteiger partial charge in [0.2, 0.25) is 5.82 Å². The number of carbonyl (C=O) groups is 1. The van der Waals surface area contributed by atoms with Gasteiger partial charge in [-0.1, -0.05) is 18.2 Å². The summed E-state index contributed by atoms with van der Waals surface area (Å²) < 4.78 is 14.6. The third-order valence-corrected chi connectivity index (χ3v) is 3.71. The van der Waals surface area contributed by atoms with Crippen molar-refractivity contribution < 1.29 is 14.1 Å². The van der Waals surface area contributed by atoms with Gasteiger partial charge in [-0.05, 0) is 24.3 Å². The van der Waals surface area contributed by atoms with E-state index in [4.69, 9.17) is 0 Å². The Hall–Kier alpha value is -3.82. The molecule has 0 aliphatic carbocycles. The van der Waals surface area contributed by atoms with Crippen LogP contribution < -0.4 is 16.2 Å². The van der Waals surface area contributed by atoms with E-state index < -0.39 is 27.9 Å². The molecule has 1 aromatic carbocycles. The third-order valence-electron chi connectivity index (χ3n) is 3.71. The fourth-order valence-corrected chi connectivity index (χ4v) is 2.47. The van der Waals surface area contributed by atoms with Crippen molar-refractivity contribution in [1.29, 1.82) is 0 Å². The molecular formula is C17H14FN5O4. The molecule has 2 N–H and O–H groups in total. The molecule has 0 radical (unpaired) electrons. The maximum absolute atomic E-state index is 13.6. The summed E-state index contributed by atoms with van der Waals surface area (Å²) in [5.74, 6) is -1.46. The highest BCUT2D eigenvalue weighted by molar-refractivity contribution is 5.94. The minimum Gasteiger partial charge on any atom is -0.362 e. The van der Waals surface area contributed by atoms with Gasteiger partial charge < -0.3 is 10.6 Å². The Morgan fingerprint density at radius 3 is 2.67 bits per heavy atom. The SMILES string of the molecule is O=C(NCCNc1nc2ccccn2c(=O)c1[N+](=O)[O-])c1ccccc1F. The highest BCUT2D eigenvalue weighted by Crippen LogP contribution is 2.17. The molecule has 0 aliphatic heterocycles. The van der Waals surface area contributed by atoms with E-state index in [1.807, 2.05) is 0 Å². The number of fused-ring (bicyclic) bond motifs is 1. The van der Waals surface area contributed by atoms with Crippen molar-refractivity contribution in [3.63, 3.8) is 0 Å². The van der Waals surface area contributed by atoms with E-state index in [2.05, 4.69) is 15.6 Å². The van der Waals surface area contributed by atoms with Crippen molar-refractivity contribution >= 4 is 23.1 Å². The minimum absolute atomic E-state index is 0.0418. The minimum atomic E-state index is -0.816. The smallest absolute Gasteiger partial charge is 0.362 e. The van der Waals surface area contributed by atoms with Crippen LogP contribution in [0.1, 0.15) is 10.4 Å². The van der Waals surface area contributed by atoms with Gasteiger partial charge in [-0.2, -0.15) is 0 Å². The molecule has 3 aromatic rings. The number of benzene rings is 1. The molecule has 0 bridgehead atoms. The van der Waals surface area contributed by atoms with Crippen LogP contribution in [0.15, 0.2) is 53.5 Å². The summed E-state index contributed by atoms with van der Waals surface area (Å²) >= 11 is 0. The van der Waals surface area contributed by atoms with Crippen LogP contribution in [-0.4, -0.2) is 33.3 Å². The van der Waals surface area contributed by atoms with Gasteiger partial charge in [0.05, 0.1) is 10.5 Å². The molecule has 2 heterocycles. The monoisotopic (exact) mass is 371 g/mol. The predicted octanol–water partition coefficient (Wildman–Crippen LogP) is 1.58. The van der Waals surface area contributed by atoms with Gasteiger partial charge in [0.25, 0.3) is 5.91 Å². The second kappa shape index (κ2) is 7.60. The second-order valence-electron chi connectivity index (χ2n) is 5.46. The summed E-state index contributed by atoms with van der Waals surface area (Å²) in [5, 5.41) is 16.4. The van der Waals surface area contributed by atoms with Crippen molar-refractivity contribution in [2.45, 2.75) is 0 Å². The molecule has 3 rings (SSSR count). The molecule has 10 heteroatoms. The number of nitrogens with zero attached hydrogens (tertiary/aromatic N) is 3. The lowest BCUT2D eigenvalue weighted by Crippen LogP contribution is -2.30. The first-order valence-electron chi connectivity index (χ1n) is 7.91. The van der Waals surface area contributed by atoms with Crippen LogP contribution in [0.5, 0.6) is 0 Å². The average molecular weight is 371 g/mol. The number of anilines is 1. The van der Waals surface area contributed by atoms with E-state index in [0.29, 0.717) is 0 Å². The number of hydrogen-bond donors (Lipinski definition) is 2. The number of hydrogen-bond acceptors (Lipinski definition) is 6. The standard InChI is InChI=1S/C17H14FN5O4/c18-12-6-2-1-5-11(12)16(24)20-9-8-19-15-14(23(26)27)17(25)22-10-4-3-7-13(22)21-15/h1-7,10,19H,8-9H2,(H,20,24). The highest BCUT2D eigenvalue weighted by Gasteiger charge is 2.23. The third kappa shape index (κ3) is 3.73. The van der Waals surface area contributed by atoms with Crippen LogP contribution in [0, 0.1) is 15.9 Å². The molecule has 0 saturated heterocycles. The van der Waals surface area contributed by atoms with Gasteiger partial charge in [-0.25, -0.2) is 9.37 Å². The quantitative estimate of drug-likeness (QED) is 0.386. The molecule has 0 saturated carbocycles. The van der Waals surface area contributed by atoms with Crippen LogP contribution in [0.2, 0.25) is 0 Å². The van der Waals surface area contributed by atoms with E-state index in [1.165, 1.54) is 36.5 Å². The lowest BCUT2D eigenvalue weighted by Gasteiger charge is -2.09. The zero-order chi connectivity index (χ0) is 19.4. The van der Waals surface area contributed by atoms with Gasteiger partial charge in [0, 0.05) is 19.3 Å². The van der Waals surface area contributed by atoms with Crippen molar-refractivity contribution in [3.8, 4) is 0 Å². The summed E-state index contributed by atoms with van der Waals surface area (Å²) in [7, 11) is 0. The molecular weight excluding hydrogens is 357 g/mol. The molecule has 0 atom stereocenters. The molecule has 0 fully saturated rings. The molecule has 9 nitrogen and oxygen atoms in total. The first-order valence-corrected chi connectivity index (χ1v) is 7.91. The Morgan fingerprint density at radius 2 is 1.93 bits per heavy atom. The summed E-state index contributed by atoms with van der Waals surface area (Å²) in [4.78, 5) is 38.7. The molecule has 1 amide bonds. The Morgan fingerprint density at radius 1 is 1.19 bits per heavy atom. The number of rotatable bonds is 6. The number of pyridine rings is 1. The largest absolute Gasteiger partial charge is 0.376 e. The molecule has 0 unspecified atom stereocenters. The lowest BCUT2D eigenvalue weighted by atomic mass is 10.2. The van der Waals surface area contributed by atoms with E-state index in [1.54, 1.807) is 12.1 Å². The zero-order valence-electron chi connectivity index (χ0n) is 13.9. The van der Waals surface area contributed by atoms with Gasteiger partial charge in [-0.3, -0.25) is 24.1 Å². The first-order chi connectivity index (χ1) is 13.0. The highest BCUT2D eigenvalue weighted by atomic mass is 19.1. The van der Waals surface area contributed by atoms with Crippen LogP contribution in [-0.2, 0) is 0 Å². The maximum atomic E-state index is 13.6. The molecule has 2 aromatic heterocycles. The summed E-state index contributed by atoms with van der Waals surface area (Å²) in [5.41, 5.74) is -1.38.